The van der Waals surface area contributed by atoms with Gasteiger partial charge in [-0.15, -0.1) is 0 Å². The lowest BCUT2D eigenvalue weighted by Gasteiger charge is -2.34. The van der Waals surface area contributed by atoms with Gasteiger partial charge in [-0.1, -0.05) is 17.7 Å². The maximum Gasteiger partial charge on any atom is 0.387 e. The Labute approximate surface area is 175 Å². The minimum Gasteiger partial charge on any atom is -0.435 e. The second-order valence-electron chi connectivity index (χ2n) is 7.33. The number of halogens is 2. The fourth-order valence-electron chi connectivity index (χ4n) is 3.80. The van der Waals surface area contributed by atoms with Crippen molar-refractivity contribution >= 4 is 15.9 Å². The van der Waals surface area contributed by atoms with Gasteiger partial charge in [0.1, 0.15) is 5.75 Å². The summed E-state index contributed by atoms with van der Waals surface area (Å²) < 4.78 is 56.5. The van der Waals surface area contributed by atoms with Gasteiger partial charge >= 0.3 is 6.61 Å². The number of amides is 1. The molecule has 0 atom stereocenters. The van der Waals surface area contributed by atoms with E-state index in [4.69, 9.17) is 0 Å². The SMILES string of the molecule is Cc1cc(C)c(S(=O)(=O)N2CCN(C(=O)c3ccc(OC(F)F)cc3)CC2)c(C)c1. The largest absolute Gasteiger partial charge is 0.435 e. The molecular weight excluding hydrogens is 414 g/mol. The number of benzene rings is 2. The number of carbonyl (C=O) groups is 1. The lowest BCUT2D eigenvalue weighted by molar-refractivity contribution is -0.0498. The number of alkyl halides is 2. The molecule has 0 radical (unpaired) electrons. The Hall–Kier alpha value is -2.52. The summed E-state index contributed by atoms with van der Waals surface area (Å²) in [7, 11) is -3.66. The third-order valence-electron chi connectivity index (χ3n) is 5.05. The highest BCUT2D eigenvalue weighted by Gasteiger charge is 2.32. The summed E-state index contributed by atoms with van der Waals surface area (Å²) in [5.41, 5.74) is 2.75. The molecule has 6 nitrogen and oxygen atoms in total. The van der Waals surface area contributed by atoms with Crippen LogP contribution in [0.2, 0.25) is 0 Å². The van der Waals surface area contributed by atoms with Crippen molar-refractivity contribution in [3.05, 3.63) is 58.7 Å². The van der Waals surface area contributed by atoms with E-state index in [0.29, 0.717) is 21.6 Å². The Kier molecular flexibility index (Phi) is 6.42. The fraction of sp³-hybridized carbons (Fsp3) is 0.381. The topological polar surface area (TPSA) is 66.9 Å². The van der Waals surface area contributed by atoms with E-state index in [9.17, 15) is 22.0 Å². The minimum absolute atomic E-state index is 0.0266. The van der Waals surface area contributed by atoms with Crippen molar-refractivity contribution in [2.75, 3.05) is 26.2 Å². The summed E-state index contributed by atoms with van der Waals surface area (Å²) >= 11 is 0. The molecule has 0 N–H and O–H groups in total. The van der Waals surface area contributed by atoms with E-state index >= 15 is 0 Å². The summed E-state index contributed by atoms with van der Waals surface area (Å²) in [4.78, 5) is 14.6. The van der Waals surface area contributed by atoms with Gasteiger partial charge in [0.05, 0.1) is 4.90 Å². The van der Waals surface area contributed by atoms with E-state index in [-0.39, 0.29) is 37.8 Å². The molecule has 1 heterocycles. The quantitative estimate of drug-likeness (QED) is 0.718. The molecular formula is C21H24F2N2O4S. The molecule has 1 fully saturated rings. The van der Waals surface area contributed by atoms with Crippen LogP contribution in [0.15, 0.2) is 41.3 Å². The van der Waals surface area contributed by atoms with E-state index in [1.165, 1.54) is 28.6 Å². The molecule has 162 valence electrons. The van der Waals surface area contributed by atoms with E-state index in [1.54, 1.807) is 18.7 Å². The summed E-state index contributed by atoms with van der Waals surface area (Å²) in [5, 5.41) is 0. The van der Waals surface area contributed by atoms with Crippen LogP contribution in [0.25, 0.3) is 0 Å². The summed E-state index contributed by atoms with van der Waals surface area (Å²) in [6, 6.07) is 9.15. The van der Waals surface area contributed by atoms with Gasteiger partial charge in [-0.2, -0.15) is 13.1 Å². The monoisotopic (exact) mass is 438 g/mol. The van der Waals surface area contributed by atoms with Gasteiger partial charge in [0, 0.05) is 31.7 Å². The first-order valence-electron chi connectivity index (χ1n) is 9.52. The number of hydrogen-bond donors (Lipinski definition) is 0. The van der Waals surface area contributed by atoms with Crippen molar-refractivity contribution in [2.24, 2.45) is 0 Å². The van der Waals surface area contributed by atoms with Gasteiger partial charge in [-0.05, 0) is 56.2 Å². The van der Waals surface area contributed by atoms with E-state index in [2.05, 4.69) is 4.74 Å². The first-order chi connectivity index (χ1) is 14.1. The molecule has 0 spiro atoms. The Morgan fingerprint density at radius 2 is 1.50 bits per heavy atom. The number of sulfonamides is 1. The van der Waals surface area contributed by atoms with E-state index in [0.717, 1.165) is 5.56 Å². The number of rotatable bonds is 5. The molecule has 0 bridgehead atoms. The first-order valence-corrected chi connectivity index (χ1v) is 11.0. The maximum atomic E-state index is 13.2. The standard InChI is InChI=1S/C21H24F2N2O4S/c1-14-12-15(2)19(16(3)13-14)30(27,28)25-10-8-24(9-11-25)20(26)17-4-6-18(7-5-17)29-21(22)23/h4-7,12-13,21H,8-11H2,1-3H3. The third kappa shape index (κ3) is 4.62. The zero-order valence-electron chi connectivity index (χ0n) is 17.1. The normalized spacial score (nSPS) is 15.5. The van der Waals surface area contributed by atoms with Crippen LogP contribution in [-0.2, 0) is 10.0 Å². The van der Waals surface area contributed by atoms with Crippen molar-refractivity contribution in [1.82, 2.24) is 9.21 Å². The molecule has 2 aromatic rings. The minimum atomic E-state index is -3.66. The molecule has 0 aliphatic carbocycles. The highest BCUT2D eigenvalue weighted by Crippen LogP contribution is 2.26. The van der Waals surface area contributed by atoms with E-state index < -0.39 is 16.6 Å². The van der Waals surface area contributed by atoms with Gasteiger partial charge in [-0.3, -0.25) is 4.79 Å². The molecule has 1 saturated heterocycles. The van der Waals surface area contributed by atoms with Crippen LogP contribution >= 0.6 is 0 Å². The second kappa shape index (κ2) is 8.69. The number of ether oxygens (including phenoxy) is 1. The highest BCUT2D eigenvalue weighted by atomic mass is 32.2. The lowest BCUT2D eigenvalue weighted by atomic mass is 10.1. The highest BCUT2D eigenvalue weighted by molar-refractivity contribution is 7.89. The number of piperazine rings is 1. The van der Waals surface area contributed by atoms with Crippen LogP contribution in [0.1, 0.15) is 27.0 Å². The van der Waals surface area contributed by atoms with Crippen molar-refractivity contribution in [3.8, 4) is 5.75 Å². The molecule has 9 heteroatoms. The molecule has 0 unspecified atom stereocenters. The van der Waals surface area contributed by atoms with Gasteiger partial charge in [0.25, 0.3) is 5.91 Å². The van der Waals surface area contributed by atoms with Gasteiger partial charge in [-0.25, -0.2) is 8.42 Å². The molecule has 1 aliphatic heterocycles. The molecule has 1 aliphatic rings. The fourth-order valence-corrected chi connectivity index (χ4v) is 5.63. The van der Waals surface area contributed by atoms with Crippen LogP contribution in [0, 0.1) is 20.8 Å². The van der Waals surface area contributed by atoms with Gasteiger partial charge < -0.3 is 9.64 Å². The Morgan fingerprint density at radius 3 is 2.00 bits per heavy atom. The summed E-state index contributed by atoms with van der Waals surface area (Å²) in [5.74, 6) is -0.306. The first kappa shape index (κ1) is 22.2. The molecule has 0 saturated carbocycles. The van der Waals surface area contributed by atoms with Crippen LogP contribution in [0.5, 0.6) is 5.75 Å². The van der Waals surface area contributed by atoms with Crippen molar-refractivity contribution in [1.29, 1.82) is 0 Å². The van der Waals surface area contributed by atoms with E-state index in [1.807, 2.05) is 19.1 Å². The second-order valence-corrected chi connectivity index (χ2v) is 9.20. The predicted molar refractivity (Wildman–Crippen MR) is 108 cm³/mol. The molecule has 30 heavy (non-hydrogen) atoms. The predicted octanol–water partition coefficient (Wildman–Crippen LogP) is 3.36. The third-order valence-corrected chi connectivity index (χ3v) is 7.26. The molecule has 0 aromatic heterocycles. The van der Waals surface area contributed by atoms with Crippen LogP contribution in [0.3, 0.4) is 0 Å². The molecule has 1 amide bonds. The van der Waals surface area contributed by atoms with Crippen molar-refractivity contribution in [2.45, 2.75) is 32.3 Å². The average Bonchev–Trinajstić information content (AvgIpc) is 2.66. The van der Waals surface area contributed by atoms with Gasteiger partial charge in [0.15, 0.2) is 0 Å². The Bertz CT molecular complexity index is 1010. The summed E-state index contributed by atoms with van der Waals surface area (Å²) in [6.07, 6.45) is 0. The van der Waals surface area contributed by atoms with Crippen LogP contribution < -0.4 is 4.74 Å². The Morgan fingerprint density at radius 1 is 0.967 bits per heavy atom. The van der Waals surface area contributed by atoms with Crippen molar-refractivity contribution < 1.29 is 26.7 Å². The number of hydrogen-bond acceptors (Lipinski definition) is 4. The Balaban J connectivity index is 1.69. The average molecular weight is 438 g/mol. The van der Waals surface area contributed by atoms with Crippen LogP contribution in [0.4, 0.5) is 8.78 Å². The smallest absolute Gasteiger partial charge is 0.387 e. The zero-order valence-corrected chi connectivity index (χ0v) is 17.9. The number of nitrogens with zero attached hydrogens (tertiary/aromatic N) is 2. The summed E-state index contributed by atoms with van der Waals surface area (Å²) in [6.45, 7) is 3.44. The zero-order chi connectivity index (χ0) is 22.1. The molecule has 3 rings (SSSR count). The van der Waals surface area contributed by atoms with Crippen LogP contribution in [-0.4, -0.2) is 56.3 Å². The van der Waals surface area contributed by atoms with Gasteiger partial charge in [0.2, 0.25) is 10.0 Å². The number of aryl methyl sites for hydroxylation is 3. The number of carbonyl (C=O) groups excluding carboxylic acids is 1. The van der Waals surface area contributed by atoms with Crippen molar-refractivity contribution in [3.63, 3.8) is 0 Å². The lowest BCUT2D eigenvalue weighted by Crippen LogP contribution is -2.50. The maximum absolute atomic E-state index is 13.2. The molecule has 2 aromatic carbocycles.